The van der Waals surface area contributed by atoms with Gasteiger partial charge in [0.25, 0.3) is 0 Å². The highest BCUT2D eigenvalue weighted by Crippen LogP contribution is 2.21. The van der Waals surface area contributed by atoms with Crippen LogP contribution in [0.3, 0.4) is 0 Å². The number of anilines is 3. The molecule has 2 aromatic rings. The van der Waals surface area contributed by atoms with Gasteiger partial charge in [-0.2, -0.15) is 0 Å². The summed E-state index contributed by atoms with van der Waals surface area (Å²) in [6.45, 7) is 3.50. The average Bonchev–Trinajstić information content (AvgIpc) is 2.49. The van der Waals surface area contributed by atoms with Crippen LogP contribution in [0.5, 0.6) is 0 Å². The normalized spacial score (nSPS) is 15.6. The lowest BCUT2D eigenvalue weighted by atomic mass is 10.3. The van der Waals surface area contributed by atoms with E-state index in [0.29, 0.717) is 0 Å². The number of rotatable bonds is 2. The summed E-state index contributed by atoms with van der Waals surface area (Å²) >= 11 is 0. The summed E-state index contributed by atoms with van der Waals surface area (Å²) in [5, 5.41) is 0. The molecule has 98 valence electrons. The highest BCUT2D eigenvalue weighted by molar-refractivity contribution is 5.62. The molecule has 0 unspecified atom stereocenters. The minimum absolute atomic E-state index is 0.729. The number of hydrogen-bond acceptors (Lipinski definition) is 6. The Bertz CT molecular complexity index is 536. The number of aromatic nitrogens is 3. The van der Waals surface area contributed by atoms with Gasteiger partial charge in [-0.05, 0) is 18.2 Å². The first-order valence-electron chi connectivity index (χ1n) is 6.32. The van der Waals surface area contributed by atoms with Crippen LogP contribution < -0.4 is 15.5 Å². The molecule has 0 saturated carbocycles. The maximum Gasteiger partial charge on any atom is 0.225 e. The third-order valence-electron chi connectivity index (χ3n) is 3.23. The quantitative estimate of drug-likeness (QED) is 0.856. The second kappa shape index (κ2) is 5.09. The van der Waals surface area contributed by atoms with Gasteiger partial charge in [0.15, 0.2) is 5.82 Å². The second-order valence-electron chi connectivity index (χ2n) is 4.44. The zero-order chi connectivity index (χ0) is 13.1. The van der Waals surface area contributed by atoms with Crippen molar-refractivity contribution in [3.63, 3.8) is 0 Å². The van der Waals surface area contributed by atoms with Crippen molar-refractivity contribution >= 4 is 17.5 Å². The number of nitrogens with zero attached hydrogens (tertiary/aromatic N) is 5. The molecule has 3 rings (SSSR count). The molecule has 1 aliphatic heterocycles. The summed E-state index contributed by atoms with van der Waals surface area (Å²) in [5.74, 6) is 1.66. The molecule has 1 aliphatic rings. The molecule has 3 heterocycles. The van der Waals surface area contributed by atoms with Crippen LogP contribution in [0.15, 0.2) is 36.8 Å². The molecule has 2 N–H and O–H groups in total. The van der Waals surface area contributed by atoms with Gasteiger partial charge in [0, 0.05) is 44.8 Å². The van der Waals surface area contributed by atoms with Crippen molar-refractivity contribution < 1.29 is 0 Å². The Morgan fingerprint density at radius 2 is 1.47 bits per heavy atom. The van der Waals surface area contributed by atoms with Gasteiger partial charge in [0.05, 0.1) is 5.69 Å². The van der Waals surface area contributed by atoms with Crippen LogP contribution in [0.2, 0.25) is 0 Å². The van der Waals surface area contributed by atoms with Crippen molar-refractivity contribution in [2.24, 2.45) is 0 Å². The van der Waals surface area contributed by atoms with Crippen LogP contribution in [0.1, 0.15) is 0 Å². The lowest BCUT2D eigenvalue weighted by Gasteiger charge is -2.35. The van der Waals surface area contributed by atoms with Gasteiger partial charge < -0.3 is 15.5 Å². The number of pyridine rings is 1. The third-order valence-corrected chi connectivity index (χ3v) is 3.23. The van der Waals surface area contributed by atoms with E-state index in [4.69, 9.17) is 5.73 Å². The fraction of sp³-hybridized carbons (Fsp3) is 0.308. The van der Waals surface area contributed by atoms with Crippen LogP contribution in [-0.4, -0.2) is 41.1 Å². The lowest BCUT2D eigenvalue weighted by molar-refractivity contribution is 0.635. The van der Waals surface area contributed by atoms with Gasteiger partial charge >= 0.3 is 0 Å². The zero-order valence-electron chi connectivity index (χ0n) is 10.6. The Morgan fingerprint density at radius 1 is 0.842 bits per heavy atom. The molecular weight excluding hydrogens is 240 g/mol. The smallest absolute Gasteiger partial charge is 0.225 e. The molecule has 2 aromatic heterocycles. The molecule has 0 amide bonds. The highest BCUT2D eigenvalue weighted by Gasteiger charge is 2.20. The number of piperazine rings is 1. The molecule has 0 radical (unpaired) electrons. The average molecular weight is 256 g/mol. The van der Waals surface area contributed by atoms with Crippen LogP contribution >= 0.6 is 0 Å². The van der Waals surface area contributed by atoms with E-state index in [0.717, 1.165) is 43.6 Å². The van der Waals surface area contributed by atoms with Gasteiger partial charge in [-0.1, -0.05) is 0 Å². The minimum Gasteiger partial charge on any atom is -0.396 e. The van der Waals surface area contributed by atoms with Crippen LogP contribution in [0, 0.1) is 0 Å². The lowest BCUT2D eigenvalue weighted by Crippen LogP contribution is -2.47. The standard InChI is InChI=1S/C13H16N6/c14-11-3-1-4-15-12(11)18-7-9-19(10-8-18)13-16-5-2-6-17-13/h1-6H,7-10,14H2. The summed E-state index contributed by atoms with van der Waals surface area (Å²) in [6, 6.07) is 5.57. The molecule has 1 fully saturated rings. The maximum atomic E-state index is 5.95. The monoisotopic (exact) mass is 256 g/mol. The Hall–Kier alpha value is -2.37. The Balaban J connectivity index is 1.69. The molecule has 1 saturated heterocycles. The Kier molecular flexibility index (Phi) is 3.14. The molecule has 0 bridgehead atoms. The van der Waals surface area contributed by atoms with Crippen molar-refractivity contribution in [1.82, 2.24) is 15.0 Å². The molecule has 6 nitrogen and oxygen atoms in total. The van der Waals surface area contributed by atoms with E-state index in [1.54, 1.807) is 18.6 Å². The summed E-state index contributed by atoms with van der Waals surface area (Å²) < 4.78 is 0. The largest absolute Gasteiger partial charge is 0.396 e. The van der Waals surface area contributed by atoms with E-state index in [9.17, 15) is 0 Å². The molecule has 19 heavy (non-hydrogen) atoms. The predicted octanol–water partition coefficient (Wildman–Crippen LogP) is 0.780. The molecule has 0 aliphatic carbocycles. The number of nitrogen functional groups attached to an aromatic ring is 1. The Labute approximate surface area is 111 Å². The van der Waals surface area contributed by atoms with E-state index in [-0.39, 0.29) is 0 Å². The number of nitrogens with two attached hydrogens (primary N) is 1. The molecule has 0 spiro atoms. The second-order valence-corrected chi connectivity index (χ2v) is 4.44. The summed E-state index contributed by atoms with van der Waals surface area (Å²) in [6.07, 6.45) is 5.31. The SMILES string of the molecule is Nc1cccnc1N1CCN(c2ncccn2)CC1. The minimum atomic E-state index is 0.729. The van der Waals surface area contributed by atoms with E-state index >= 15 is 0 Å². The van der Waals surface area contributed by atoms with Crippen LogP contribution in [-0.2, 0) is 0 Å². The van der Waals surface area contributed by atoms with Gasteiger partial charge in [0.1, 0.15) is 0 Å². The van der Waals surface area contributed by atoms with Gasteiger partial charge in [-0.15, -0.1) is 0 Å². The van der Waals surface area contributed by atoms with Crippen molar-refractivity contribution in [3.05, 3.63) is 36.8 Å². The van der Waals surface area contributed by atoms with E-state index in [1.807, 2.05) is 18.2 Å². The first kappa shape index (κ1) is 11.7. The van der Waals surface area contributed by atoms with E-state index in [2.05, 4.69) is 24.8 Å². The zero-order valence-corrected chi connectivity index (χ0v) is 10.6. The molecular formula is C13H16N6. The first-order valence-corrected chi connectivity index (χ1v) is 6.32. The van der Waals surface area contributed by atoms with Crippen molar-refractivity contribution in [1.29, 1.82) is 0 Å². The first-order chi connectivity index (χ1) is 9.34. The van der Waals surface area contributed by atoms with Gasteiger partial charge in [-0.25, -0.2) is 15.0 Å². The molecule has 0 atom stereocenters. The van der Waals surface area contributed by atoms with E-state index < -0.39 is 0 Å². The third kappa shape index (κ3) is 2.42. The maximum absolute atomic E-state index is 5.95. The molecule has 0 aromatic carbocycles. The molecule has 6 heteroatoms. The van der Waals surface area contributed by atoms with Gasteiger partial charge in [0.2, 0.25) is 5.95 Å². The summed E-state index contributed by atoms with van der Waals surface area (Å²) in [5.41, 5.74) is 6.68. The van der Waals surface area contributed by atoms with E-state index in [1.165, 1.54) is 0 Å². The fourth-order valence-corrected chi connectivity index (χ4v) is 2.25. The van der Waals surface area contributed by atoms with Crippen LogP contribution in [0.25, 0.3) is 0 Å². The van der Waals surface area contributed by atoms with Crippen molar-refractivity contribution in [2.45, 2.75) is 0 Å². The topological polar surface area (TPSA) is 71.2 Å². The summed E-state index contributed by atoms with van der Waals surface area (Å²) in [4.78, 5) is 17.3. The Morgan fingerprint density at radius 3 is 2.16 bits per heavy atom. The fourth-order valence-electron chi connectivity index (χ4n) is 2.25. The predicted molar refractivity (Wildman–Crippen MR) is 75.1 cm³/mol. The van der Waals surface area contributed by atoms with Crippen LogP contribution in [0.4, 0.5) is 17.5 Å². The summed E-state index contributed by atoms with van der Waals surface area (Å²) in [7, 11) is 0. The number of hydrogen-bond donors (Lipinski definition) is 1. The van der Waals surface area contributed by atoms with Crippen molar-refractivity contribution in [3.8, 4) is 0 Å². The highest BCUT2D eigenvalue weighted by atomic mass is 15.3. The van der Waals surface area contributed by atoms with Crippen molar-refractivity contribution in [2.75, 3.05) is 41.7 Å². The van der Waals surface area contributed by atoms with Gasteiger partial charge in [-0.3, -0.25) is 0 Å².